The average molecular weight is 494 g/mol. The van der Waals surface area contributed by atoms with E-state index in [0.717, 1.165) is 29.0 Å². The molecule has 188 valence electrons. The smallest absolute Gasteiger partial charge is 0.321 e. The number of amides is 3. The minimum absolute atomic E-state index is 0.0545. The number of likely N-dealkylation sites (tertiary alicyclic amines) is 1. The number of rotatable bonds is 7. The standard InChI is InChI=1S/C28H29F2N3O3/c1-36-24-10-7-19(8-11-24)13-14-31-27(34)22-15-21(20-5-3-2-4-6-20)17-33(18-22)28(35)32-26-12-9-23(29)16-25(26)30/h2-12,16,21-22H,13-15,17-18H2,1H3,(H,31,34)(H,32,35). The highest BCUT2D eigenvalue weighted by atomic mass is 19.1. The van der Waals surface area contributed by atoms with Crippen molar-refractivity contribution in [3.63, 3.8) is 0 Å². The van der Waals surface area contributed by atoms with Gasteiger partial charge in [-0.2, -0.15) is 0 Å². The highest BCUT2D eigenvalue weighted by Gasteiger charge is 2.34. The Morgan fingerprint density at radius 2 is 1.75 bits per heavy atom. The van der Waals surface area contributed by atoms with Crippen LogP contribution in [0.4, 0.5) is 19.3 Å². The number of piperidine rings is 1. The number of ether oxygens (including phenoxy) is 1. The number of methoxy groups -OCH3 is 1. The SMILES string of the molecule is COc1ccc(CCNC(=O)C2CC(c3ccccc3)CN(C(=O)Nc3ccc(F)cc3F)C2)cc1. The highest BCUT2D eigenvalue weighted by Crippen LogP contribution is 2.31. The van der Waals surface area contributed by atoms with Crippen molar-refractivity contribution < 1.29 is 23.1 Å². The molecular weight excluding hydrogens is 464 g/mol. The van der Waals surface area contributed by atoms with E-state index in [1.54, 1.807) is 7.11 Å². The van der Waals surface area contributed by atoms with Gasteiger partial charge in [-0.3, -0.25) is 4.79 Å². The number of halogens is 2. The molecule has 0 spiro atoms. The van der Waals surface area contributed by atoms with Crippen molar-refractivity contribution in [1.29, 1.82) is 0 Å². The second kappa shape index (κ2) is 11.7. The van der Waals surface area contributed by atoms with Crippen LogP contribution in [-0.4, -0.2) is 43.6 Å². The normalized spacial score (nSPS) is 17.4. The number of urea groups is 1. The first-order valence-corrected chi connectivity index (χ1v) is 11.9. The molecule has 0 aromatic heterocycles. The number of benzene rings is 3. The summed E-state index contributed by atoms with van der Waals surface area (Å²) in [6, 6.07) is 19.8. The van der Waals surface area contributed by atoms with Gasteiger partial charge < -0.3 is 20.3 Å². The molecule has 8 heteroatoms. The molecule has 0 aliphatic carbocycles. The maximum atomic E-state index is 14.1. The molecule has 1 aliphatic heterocycles. The number of carbonyl (C=O) groups excluding carboxylic acids is 2. The van der Waals surface area contributed by atoms with Gasteiger partial charge in [0.15, 0.2) is 0 Å². The number of anilines is 1. The summed E-state index contributed by atoms with van der Waals surface area (Å²) in [7, 11) is 1.61. The summed E-state index contributed by atoms with van der Waals surface area (Å²) in [5.74, 6) is -1.41. The lowest BCUT2D eigenvalue weighted by Crippen LogP contribution is -2.49. The lowest BCUT2D eigenvalue weighted by atomic mass is 9.84. The van der Waals surface area contributed by atoms with Crippen molar-refractivity contribution in [3.05, 3.63) is 95.6 Å². The molecule has 3 amide bonds. The summed E-state index contributed by atoms with van der Waals surface area (Å²) in [5.41, 5.74) is 1.99. The molecule has 0 saturated carbocycles. The lowest BCUT2D eigenvalue weighted by Gasteiger charge is -2.37. The van der Waals surface area contributed by atoms with Crippen LogP contribution in [0.3, 0.4) is 0 Å². The molecule has 0 radical (unpaired) electrons. The third-order valence-corrected chi connectivity index (χ3v) is 6.42. The Bertz CT molecular complexity index is 1190. The van der Waals surface area contributed by atoms with Crippen molar-refractivity contribution in [1.82, 2.24) is 10.2 Å². The maximum absolute atomic E-state index is 14.1. The molecule has 1 saturated heterocycles. The first kappa shape index (κ1) is 25.2. The Morgan fingerprint density at radius 3 is 2.44 bits per heavy atom. The molecule has 6 nitrogen and oxygen atoms in total. The van der Waals surface area contributed by atoms with Gasteiger partial charge in [-0.05, 0) is 48.2 Å². The second-order valence-electron chi connectivity index (χ2n) is 8.89. The van der Waals surface area contributed by atoms with Crippen molar-refractivity contribution in [2.75, 3.05) is 32.1 Å². The average Bonchev–Trinajstić information content (AvgIpc) is 2.90. The number of nitrogens with zero attached hydrogens (tertiary/aromatic N) is 1. The Labute approximate surface area is 209 Å². The third kappa shape index (κ3) is 6.38. The number of nitrogens with one attached hydrogen (secondary N) is 2. The van der Waals surface area contributed by atoms with E-state index in [1.165, 1.54) is 11.0 Å². The molecule has 0 bridgehead atoms. The molecule has 2 unspecified atom stereocenters. The van der Waals surface area contributed by atoms with Crippen LogP contribution >= 0.6 is 0 Å². The van der Waals surface area contributed by atoms with Gasteiger partial charge in [-0.25, -0.2) is 13.6 Å². The van der Waals surface area contributed by atoms with Crippen LogP contribution in [0.2, 0.25) is 0 Å². The third-order valence-electron chi connectivity index (χ3n) is 6.42. The van der Waals surface area contributed by atoms with E-state index < -0.39 is 23.6 Å². The molecule has 36 heavy (non-hydrogen) atoms. The Morgan fingerprint density at radius 1 is 1.00 bits per heavy atom. The van der Waals surface area contributed by atoms with Crippen LogP contribution in [-0.2, 0) is 11.2 Å². The van der Waals surface area contributed by atoms with Gasteiger partial charge in [-0.1, -0.05) is 42.5 Å². The summed E-state index contributed by atoms with van der Waals surface area (Å²) in [4.78, 5) is 27.6. The first-order valence-electron chi connectivity index (χ1n) is 11.9. The van der Waals surface area contributed by atoms with Gasteiger partial charge in [0.05, 0.1) is 18.7 Å². The van der Waals surface area contributed by atoms with E-state index in [9.17, 15) is 18.4 Å². The summed E-state index contributed by atoms with van der Waals surface area (Å²) < 4.78 is 32.5. The molecule has 3 aromatic rings. The van der Waals surface area contributed by atoms with E-state index in [4.69, 9.17) is 4.74 Å². The lowest BCUT2D eigenvalue weighted by molar-refractivity contribution is -0.126. The van der Waals surface area contributed by atoms with Gasteiger partial charge in [-0.15, -0.1) is 0 Å². The summed E-state index contributed by atoms with van der Waals surface area (Å²) in [6.45, 7) is 1.05. The maximum Gasteiger partial charge on any atom is 0.321 e. The van der Waals surface area contributed by atoms with E-state index in [-0.39, 0.29) is 24.1 Å². The van der Waals surface area contributed by atoms with Crippen LogP contribution in [0.1, 0.15) is 23.5 Å². The summed E-state index contributed by atoms with van der Waals surface area (Å²) in [6.07, 6.45) is 1.26. The highest BCUT2D eigenvalue weighted by molar-refractivity contribution is 5.90. The Kier molecular flexibility index (Phi) is 8.15. The van der Waals surface area contributed by atoms with Crippen LogP contribution in [0, 0.1) is 17.6 Å². The van der Waals surface area contributed by atoms with Gasteiger partial charge in [0.2, 0.25) is 5.91 Å². The van der Waals surface area contributed by atoms with Gasteiger partial charge in [0.25, 0.3) is 0 Å². The van der Waals surface area contributed by atoms with Crippen LogP contribution in [0.25, 0.3) is 0 Å². The van der Waals surface area contributed by atoms with E-state index in [0.29, 0.717) is 25.9 Å². The number of hydrogen-bond acceptors (Lipinski definition) is 3. The molecule has 2 atom stereocenters. The van der Waals surface area contributed by atoms with Crippen molar-refractivity contribution >= 4 is 17.6 Å². The quantitative estimate of drug-likeness (QED) is 0.488. The zero-order valence-corrected chi connectivity index (χ0v) is 20.0. The van der Waals surface area contributed by atoms with Crippen LogP contribution < -0.4 is 15.4 Å². The van der Waals surface area contributed by atoms with Gasteiger partial charge in [0.1, 0.15) is 17.4 Å². The Hall–Kier alpha value is -3.94. The molecule has 1 fully saturated rings. The molecule has 2 N–H and O–H groups in total. The zero-order valence-electron chi connectivity index (χ0n) is 20.0. The monoisotopic (exact) mass is 493 g/mol. The fourth-order valence-electron chi connectivity index (χ4n) is 4.47. The van der Waals surface area contributed by atoms with Crippen molar-refractivity contribution in [2.45, 2.75) is 18.8 Å². The second-order valence-corrected chi connectivity index (χ2v) is 8.89. The van der Waals surface area contributed by atoms with Crippen molar-refractivity contribution in [3.8, 4) is 5.75 Å². The molecule has 4 rings (SSSR count). The van der Waals surface area contributed by atoms with E-state index >= 15 is 0 Å². The molecule has 1 aliphatic rings. The van der Waals surface area contributed by atoms with E-state index in [2.05, 4.69) is 10.6 Å². The first-order chi connectivity index (χ1) is 17.4. The number of hydrogen-bond donors (Lipinski definition) is 2. The fraction of sp³-hybridized carbons (Fsp3) is 0.286. The number of carbonyl (C=O) groups is 2. The Balaban J connectivity index is 1.42. The minimum Gasteiger partial charge on any atom is -0.497 e. The van der Waals surface area contributed by atoms with Gasteiger partial charge >= 0.3 is 6.03 Å². The summed E-state index contributed by atoms with van der Waals surface area (Å²) >= 11 is 0. The van der Waals surface area contributed by atoms with Crippen LogP contribution in [0.5, 0.6) is 5.75 Å². The predicted molar refractivity (Wildman–Crippen MR) is 134 cm³/mol. The summed E-state index contributed by atoms with van der Waals surface area (Å²) in [5, 5.41) is 5.51. The minimum atomic E-state index is -0.854. The van der Waals surface area contributed by atoms with Gasteiger partial charge in [0, 0.05) is 31.6 Å². The molecular formula is C28H29F2N3O3. The van der Waals surface area contributed by atoms with Crippen LogP contribution in [0.15, 0.2) is 72.8 Å². The zero-order chi connectivity index (χ0) is 25.5. The van der Waals surface area contributed by atoms with Crippen molar-refractivity contribution in [2.24, 2.45) is 5.92 Å². The topological polar surface area (TPSA) is 70.7 Å². The largest absolute Gasteiger partial charge is 0.497 e. The molecule has 3 aromatic carbocycles. The van der Waals surface area contributed by atoms with E-state index in [1.807, 2.05) is 54.6 Å². The fourth-order valence-corrected chi connectivity index (χ4v) is 4.47. The molecule has 1 heterocycles. The predicted octanol–water partition coefficient (Wildman–Crippen LogP) is 4.97.